The van der Waals surface area contributed by atoms with Crippen molar-refractivity contribution in [2.75, 3.05) is 13.2 Å². The number of rotatable bonds is 18. The van der Waals surface area contributed by atoms with Crippen LogP contribution in [-0.4, -0.2) is 161 Å². The van der Waals surface area contributed by atoms with Crippen molar-refractivity contribution in [3.05, 3.63) is 53.6 Å². The quantitative estimate of drug-likeness (QED) is 0.105. The van der Waals surface area contributed by atoms with Gasteiger partial charge in [0.1, 0.15) is 30.1 Å². The summed E-state index contributed by atoms with van der Waals surface area (Å²) in [6, 6.07) is 12.6. The van der Waals surface area contributed by atoms with E-state index in [1.807, 2.05) is 18.2 Å². The normalized spacial score (nSPS) is 15.5. The summed E-state index contributed by atoms with van der Waals surface area (Å²) in [5.41, 5.74) is 1.35. The Morgan fingerprint density at radius 1 is 0.702 bits per heavy atom. The van der Waals surface area contributed by atoms with Crippen LogP contribution >= 0.6 is 40.0 Å². The minimum absolute atomic E-state index is 0.161. The molecule has 2 aliphatic rings. The summed E-state index contributed by atoms with van der Waals surface area (Å²) in [5.74, 6) is 2.22. The maximum atomic E-state index is 11.2. The van der Waals surface area contributed by atoms with Crippen LogP contribution in [0.3, 0.4) is 0 Å². The van der Waals surface area contributed by atoms with Crippen LogP contribution in [0.15, 0.2) is 42.5 Å². The first kappa shape index (κ1) is 42.3. The van der Waals surface area contributed by atoms with Gasteiger partial charge in [0.25, 0.3) is 0 Å². The molecule has 203 valence electrons. The zero-order valence-corrected chi connectivity index (χ0v) is 31.9. The second-order valence-electron chi connectivity index (χ2n) is 12.4. The molecule has 2 aromatic carbocycles. The topological polar surface area (TPSA) is 44.8 Å². The Labute approximate surface area is 328 Å². The molecule has 0 aliphatic carbocycles. The third-order valence-electron chi connectivity index (χ3n) is 8.88. The average molecular weight is 845 g/mol. The van der Waals surface area contributed by atoms with Crippen LogP contribution in [0.1, 0.15) is 15.9 Å². The molecule has 0 amide bonds. The van der Waals surface area contributed by atoms with E-state index in [0.29, 0.717) is 45.5 Å². The van der Waals surface area contributed by atoms with Crippen molar-refractivity contribution >= 4 is 188 Å². The SMILES string of the molecule is [B]B([B])B([B])B(B([B])[B])B1CC1COc1cc(COc2cccc(C=O)c2)cc(OCC2CB2B(B([B])[B])B([B])B([B])[B])c1.[I][V][I]. The number of benzene rings is 2. The molecule has 2 aromatic rings. The van der Waals surface area contributed by atoms with Gasteiger partial charge >= 0.3 is 49.4 Å². The van der Waals surface area contributed by atoms with Gasteiger partial charge in [-0.05, 0) is 41.5 Å². The fourth-order valence-corrected chi connectivity index (χ4v) is 6.17. The monoisotopic (exact) mass is 849 g/mol. The molecule has 0 spiro atoms. The number of ether oxygens (including phenoxy) is 3. The van der Waals surface area contributed by atoms with Crippen molar-refractivity contribution in [3.63, 3.8) is 0 Å². The Morgan fingerprint density at radius 3 is 1.57 bits per heavy atom. The molecular formula is C20H20B20I2O4V. The fourth-order valence-electron chi connectivity index (χ4n) is 6.17. The van der Waals surface area contributed by atoms with Crippen molar-refractivity contribution < 1.29 is 28.5 Å². The number of hydrogen-bond donors (Lipinski definition) is 0. The Morgan fingerprint density at radius 2 is 1.17 bits per heavy atom. The molecule has 2 heterocycles. The van der Waals surface area contributed by atoms with Gasteiger partial charge in [0.15, 0.2) is 0 Å². The van der Waals surface area contributed by atoms with Gasteiger partial charge in [-0.15, -0.1) is 0 Å². The zero-order chi connectivity index (χ0) is 34.8. The van der Waals surface area contributed by atoms with Crippen LogP contribution in [-0.2, 0) is 16.1 Å². The van der Waals surface area contributed by atoms with E-state index in [2.05, 4.69) is 40.0 Å². The third kappa shape index (κ3) is 13.4. The van der Waals surface area contributed by atoms with Crippen LogP contribution in [0.25, 0.3) is 0 Å². The van der Waals surface area contributed by atoms with E-state index in [0.717, 1.165) is 24.5 Å². The number of carbonyl (C=O) groups is 1. The summed E-state index contributed by atoms with van der Waals surface area (Å²) in [6.07, 6.45) is -1.69. The van der Waals surface area contributed by atoms with Gasteiger partial charge in [0, 0.05) is 140 Å². The summed E-state index contributed by atoms with van der Waals surface area (Å²) in [5, 5.41) is 0. The molecule has 2 fully saturated rings. The van der Waals surface area contributed by atoms with E-state index in [9.17, 15) is 4.79 Å². The van der Waals surface area contributed by atoms with Gasteiger partial charge in [0.2, 0.25) is 0 Å². The van der Waals surface area contributed by atoms with Crippen molar-refractivity contribution in [3.8, 4) is 17.2 Å². The molecule has 0 aromatic heterocycles. The summed E-state index contributed by atoms with van der Waals surface area (Å²) in [7, 11) is 60.5. The van der Waals surface area contributed by atoms with Crippen molar-refractivity contribution in [2.45, 2.75) is 30.9 Å². The number of halogens is 2. The number of aldehydes is 1. The van der Waals surface area contributed by atoms with Gasteiger partial charge in [-0.2, -0.15) is 0 Å². The predicted octanol–water partition coefficient (Wildman–Crippen LogP) is -1.40. The van der Waals surface area contributed by atoms with Gasteiger partial charge in [-0.3, -0.25) is 4.79 Å². The average Bonchev–Trinajstić information content (AvgIpc) is 3.95. The molecule has 2 atom stereocenters. The van der Waals surface area contributed by atoms with Crippen LogP contribution in [0.4, 0.5) is 0 Å². The van der Waals surface area contributed by atoms with Crippen LogP contribution in [0.5, 0.6) is 17.2 Å². The molecule has 0 saturated carbocycles. The van der Waals surface area contributed by atoms with Crippen molar-refractivity contribution in [2.24, 2.45) is 0 Å². The summed E-state index contributed by atoms with van der Waals surface area (Å²) >= 11 is 4.74. The van der Waals surface area contributed by atoms with E-state index in [1.54, 1.807) is 24.3 Å². The number of carbonyl (C=O) groups excluding carboxylic acids is 1. The Hall–Kier alpha value is 0.853. The summed E-state index contributed by atoms with van der Waals surface area (Å²) in [6.45, 7) is 1.42. The van der Waals surface area contributed by atoms with Gasteiger partial charge in [0.05, 0.1) is 26.4 Å². The summed E-state index contributed by atoms with van der Waals surface area (Å²) < 4.78 is 18.4. The Bertz CT molecular complexity index is 1210. The molecule has 4 nitrogen and oxygen atoms in total. The van der Waals surface area contributed by atoms with E-state index >= 15 is 0 Å². The van der Waals surface area contributed by atoms with E-state index in [4.69, 9.17) is 91.6 Å². The summed E-state index contributed by atoms with van der Waals surface area (Å²) in [4.78, 5) is 11.2. The van der Waals surface area contributed by atoms with E-state index in [-0.39, 0.29) is 44.2 Å². The van der Waals surface area contributed by atoms with Crippen LogP contribution in [0, 0.1) is 0 Å². The third-order valence-corrected chi connectivity index (χ3v) is 8.88. The first-order valence-corrected chi connectivity index (χ1v) is 24.4. The second kappa shape index (κ2) is 20.8. The van der Waals surface area contributed by atoms with Gasteiger partial charge in [-0.1, -0.05) is 24.8 Å². The van der Waals surface area contributed by atoms with Crippen LogP contribution < -0.4 is 14.2 Å². The molecule has 47 heavy (non-hydrogen) atoms. The van der Waals surface area contributed by atoms with Gasteiger partial charge in [-0.25, -0.2) is 0 Å². The minimum atomic E-state index is -0.718. The molecule has 2 unspecified atom stereocenters. The zero-order valence-electron chi connectivity index (χ0n) is 26.2. The Kier molecular flexibility index (Phi) is 18.7. The second-order valence-corrected chi connectivity index (χ2v) is 24.2. The van der Waals surface area contributed by atoms with Gasteiger partial charge < -0.3 is 14.2 Å². The molecule has 2 saturated heterocycles. The molecule has 0 bridgehead atoms. The molecule has 27 heteroatoms. The predicted molar refractivity (Wildman–Crippen MR) is 234 cm³/mol. The maximum absolute atomic E-state index is 11.2. The molecular weight excluding hydrogens is 825 g/mol. The fraction of sp³-hybridized carbons (Fsp3) is 0.350. The van der Waals surface area contributed by atoms with Crippen molar-refractivity contribution in [1.29, 1.82) is 0 Å². The first-order valence-electron chi connectivity index (χ1n) is 15.4. The molecule has 20 radical (unpaired) electrons. The van der Waals surface area contributed by atoms with Crippen LogP contribution in [0.2, 0.25) is 24.3 Å². The number of hydrogen-bond acceptors (Lipinski definition) is 4. The molecule has 4 rings (SSSR count). The van der Waals surface area contributed by atoms with E-state index in [1.165, 1.54) is 0 Å². The Balaban J connectivity index is 0.00000192. The standard InChI is InChI=1S/C20H20B20O4.2HI.V/c21-33(22)37(29)39(35(25)26)31-8-16(31)12-43-19-5-15(11-42-18-3-1-2-14(4-18)10-41)6-20(7-19)44-13-17-9-32(17)40(36(27)28)38(30)34(23)24;;;/h1-7,10,16-17H,8-9,11-13H2;2*1H;/q;;;+2/p-2. The van der Waals surface area contributed by atoms with E-state index < -0.39 is 38.3 Å². The van der Waals surface area contributed by atoms with Crippen molar-refractivity contribution in [1.82, 2.24) is 0 Å². The first-order chi connectivity index (χ1) is 22.3. The molecule has 2 aliphatic heterocycles. The molecule has 0 N–H and O–H groups in total.